The molecule has 32 heavy (non-hydrogen) atoms. The Bertz CT molecular complexity index is 1060. The van der Waals surface area contributed by atoms with E-state index in [1.54, 1.807) is 0 Å². The van der Waals surface area contributed by atoms with Gasteiger partial charge in [-0.25, -0.2) is 0 Å². The summed E-state index contributed by atoms with van der Waals surface area (Å²) in [6, 6.07) is 20.7. The number of amides is 1. The van der Waals surface area contributed by atoms with Gasteiger partial charge in [-0.1, -0.05) is 48.5 Å². The fraction of sp³-hybridized carbons (Fsp3) is 0.407. The van der Waals surface area contributed by atoms with E-state index >= 15 is 0 Å². The first-order chi connectivity index (χ1) is 15.8. The summed E-state index contributed by atoms with van der Waals surface area (Å²) in [5.41, 5.74) is 2.88. The molecule has 2 aliphatic rings. The summed E-state index contributed by atoms with van der Waals surface area (Å²) >= 11 is 0. The largest absolute Gasteiger partial charge is 0.381 e. The normalized spacial score (nSPS) is 21.2. The summed E-state index contributed by atoms with van der Waals surface area (Å²) in [4.78, 5) is 20.6. The van der Waals surface area contributed by atoms with E-state index in [4.69, 9.17) is 9.47 Å². The standard InChI is InChI=1S/C27H30N2O3/c30-26(27(11-15-31-16-12-27)23-7-2-1-3-8-23)29-14-17-32-20-21(19-29)18-22-6-4-10-25-24(22)9-5-13-28-25/h1-10,13,21H,11-12,14-20H2/t21-/m0/s1. The number of nitrogens with zero attached hydrogens (tertiary/aromatic N) is 2. The number of carbonyl (C=O) groups excluding carboxylic acids is 1. The van der Waals surface area contributed by atoms with Gasteiger partial charge in [-0.2, -0.15) is 0 Å². The third-order valence-corrected chi connectivity index (χ3v) is 6.95. The second-order valence-corrected chi connectivity index (χ2v) is 8.94. The van der Waals surface area contributed by atoms with Gasteiger partial charge in [-0.15, -0.1) is 0 Å². The van der Waals surface area contributed by atoms with Crippen molar-refractivity contribution in [1.82, 2.24) is 9.88 Å². The summed E-state index contributed by atoms with van der Waals surface area (Å²) in [6.45, 7) is 3.85. The van der Waals surface area contributed by atoms with E-state index < -0.39 is 5.41 Å². The Kier molecular flexibility index (Phi) is 6.19. The number of aromatic nitrogens is 1. The molecule has 2 fully saturated rings. The number of rotatable bonds is 4. The molecule has 2 aliphatic heterocycles. The Balaban J connectivity index is 1.40. The molecule has 2 aromatic carbocycles. The molecule has 166 valence electrons. The highest BCUT2D eigenvalue weighted by Gasteiger charge is 2.44. The van der Waals surface area contributed by atoms with E-state index in [9.17, 15) is 4.79 Å². The molecular formula is C27H30N2O3. The second kappa shape index (κ2) is 9.39. The Morgan fingerprint density at radius 3 is 2.66 bits per heavy atom. The molecule has 1 atom stereocenters. The molecule has 0 aliphatic carbocycles. The van der Waals surface area contributed by atoms with Crippen LogP contribution in [-0.2, 0) is 26.1 Å². The highest BCUT2D eigenvalue weighted by molar-refractivity contribution is 5.88. The summed E-state index contributed by atoms with van der Waals surface area (Å²) in [5, 5.41) is 1.18. The predicted molar refractivity (Wildman–Crippen MR) is 125 cm³/mol. The van der Waals surface area contributed by atoms with Gasteiger partial charge < -0.3 is 14.4 Å². The number of hydrogen-bond acceptors (Lipinski definition) is 4. The minimum absolute atomic E-state index is 0.224. The van der Waals surface area contributed by atoms with E-state index in [1.807, 2.05) is 36.5 Å². The molecule has 5 nitrogen and oxygen atoms in total. The topological polar surface area (TPSA) is 51.7 Å². The van der Waals surface area contributed by atoms with Crippen LogP contribution in [0.3, 0.4) is 0 Å². The van der Waals surface area contributed by atoms with Gasteiger partial charge in [0.25, 0.3) is 0 Å². The van der Waals surface area contributed by atoms with Crippen LogP contribution in [0.2, 0.25) is 0 Å². The lowest BCUT2D eigenvalue weighted by atomic mass is 9.73. The fourth-order valence-electron chi connectivity index (χ4n) is 5.25. The van der Waals surface area contributed by atoms with Crippen LogP contribution in [0.1, 0.15) is 24.0 Å². The van der Waals surface area contributed by atoms with Gasteiger partial charge in [-0.3, -0.25) is 9.78 Å². The van der Waals surface area contributed by atoms with Crippen LogP contribution in [0.5, 0.6) is 0 Å². The van der Waals surface area contributed by atoms with Crippen molar-refractivity contribution in [2.24, 2.45) is 5.92 Å². The molecule has 5 heteroatoms. The van der Waals surface area contributed by atoms with Crippen molar-refractivity contribution in [3.63, 3.8) is 0 Å². The Morgan fingerprint density at radius 1 is 0.969 bits per heavy atom. The zero-order valence-electron chi connectivity index (χ0n) is 18.4. The maximum Gasteiger partial charge on any atom is 0.233 e. The first kappa shape index (κ1) is 21.1. The third kappa shape index (κ3) is 4.15. The highest BCUT2D eigenvalue weighted by Crippen LogP contribution is 2.37. The summed E-state index contributed by atoms with van der Waals surface area (Å²) in [7, 11) is 0. The average molecular weight is 431 g/mol. The summed E-state index contributed by atoms with van der Waals surface area (Å²) in [5.74, 6) is 0.474. The van der Waals surface area contributed by atoms with Crippen molar-refractivity contribution in [2.75, 3.05) is 39.5 Å². The number of ether oxygens (including phenoxy) is 2. The first-order valence-corrected chi connectivity index (χ1v) is 11.6. The second-order valence-electron chi connectivity index (χ2n) is 8.94. The molecule has 2 saturated heterocycles. The van der Waals surface area contributed by atoms with Gasteiger partial charge in [0.2, 0.25) is 5.91 Å². The average Bonchev–Trinajstić information content (AvgIpc) is 3.10. The fourth-order valence-corrected chi connectivity index (χ4v) is 5.25. The molecule has 0 saturated carbocycles. The third-order valence-electron chi connectivity index (χ3n) is 6.95. The molecule has 5 rings (SSSR count). The predicted octanol–water partition coefficient (Wildman–Crippen LogP) is 4.00. The molecule has 0 bridgehead atoms. The lowest BCUT2D eigenvalue weighted by Crippen LogP contribution is -2.51. The van der Waals surface area contributed by atoms with Gasteiger partial charge in [0.05, 0.1) is 24.1 Å². The summed E-state index contributed by atoms with van der Waals surface area (Å²) in [6.07, 6.45) is 4.16. The quantitative estimate of drug-likeness (QED) is 0.628. The Hall–Kier alpha value is -2.76. The van der Waals surface area contributed by atoms with E-state index in [-0.39, 0.29) is 11.8 Å². The maximum absolute atomic E-state index is 14.0. The molecular weight excluding hydrogens is 400 g/mol. The SMILES string of the molecule is O=C(N1CCOC[C@@H](Cc2cccc3ncccc23)C1)C1(c2ccccc2)CCOCC1. The molecule has 3 heterocycles. The van der Waals surface area contributed by atoms with Crippen LogP contribution in [0, 0.1) is 5.92 Å². The van der Waals surface area contributed by atoms with Crippen molar-refractivity contribution in [3.05, 3.63) is 78.0 Å². The minimum atomic E-state index is -0.502. The molecule has 0 N–H and O–H groups in total. The number of carbonyl (C=O) groups is 1. The highest BCUT2D eigenvalue weighted by atomic mass is 16.5. The lowest BCUT2D eigenvalue weighted by molar-refractivity contribution is -0.141. The molecule has 0 radical (unpaired) electrons. The van der Waals surface area contributed by atoms with Crippen LogP contribution < -0.4 is 0 Å². The minimum Gasteiger partial charge on any atom is -0.381 e. The molecule has 0 unspecified atom stereocenters. The van der Waals surface area contributed by atoms with Gasteiger partial charge >= 0.3 is 0 Å². The van der Waals surface area contributed by atoms with Gasteiger partial charge in [0.1, 0.15) is 0 Å². The monoisotopic (exact) mass is 430 g/mol. The maximum atomic E-state index is 14.0. The van der Waals surface area contributed by atoms with Crippen molar-refractivity contribution in [2.45, 2.75) is 24.7 Å². The van der Waals surface area contributed by atoms with Crippen molar-refractivity contribution in [3.8, 4) is 0 Å². The van der Waals surface area contributed by atoms with E-state index in [0.29, 0.717) is 39.5 Å². The summed E-state index contributed by atoms with van der Waals surface area (Å²) < 4.78 is 11.6. The van der Waals surface area contributed by atoms with Crippen molar-refractivity contribution >= 4 is 16.8 Å². The van der Waals surface area contributed by atoms with Crippen LogP contribution in [0.4, 0.5) is 0 Å². The lowest BCUT2D eigenvalue weighted by Gasteiger charge is -2.40. The molecule has 1 amide bonds. The van der Waals surface area contributed by atoms with E-state index in [2.05, 4.69) is 40.2 Å². The molecule has 3 aromatic rings. The van der Waals surface area contributed by atoms with Gasteiger partial charge in [0.15, 0.2) is 0 Å². The van der Waals surface area contributed by atoms with Crippen LogP contribution in [0.15, 0.2) is 66.9 Å². The smallest absolute Gasteiger partial charge is 0.233 e. The zero-order valence-corrected chi connectivity index (χ0v) is 18.4. The number of fused-ring (bicyclic) bond motifs is 1. The van der Waals surface area contributed by atoms with Gasteiger partial charge in [0, 0.05) is 43.8 Å². The Morgan fingerprint density at radius 2 is 1.81 bits per heavy atom. The zero-order chi connectivity index (χ0) is 21.8. The Labute approximate surface area is 189 Å². The number of pyridine rings is 1. The first-order valence-electron chi connectivity index (χ1n) is 11.6. The van der Waals surface area contributed by atoms with E-state index in [0.717, 1.165) is 30.3 Å². The van der Waals surface area contributed by atoms with Gasteiger partial charge in [-0.05, 0) is 42.5 Å². The van der Waals surface area contributed by atoms with Crippen LogP contribution >= 0.6 is 0 Å². The number of benzene rings is 2. The molecule has 0 spiro atoms. The molecule has 1 aromatic heterocycles. The van der Waals surface area contributed by atoms with Crippen molar-refractivity contribution in [1.29, 1.82) is 0 Å². The van der Waals surface area contributed by atoms with Crippen molar-refractivity contribution < 1.29 is 14.3 Å². The number of hydrogen-bond donors (Lipinski definition) is 0. The van der Waals surface area contributed by atoms with Crippen LogP contribution in [-0.4, -0.2) is 55.3 Å². The van der Waals surface area contributed by atoms with Crippen LogP contribution in [0.25, 0.3) is 10.9 Å². The van der Waals surface area contributed by atoms with E-state index in [1.165, 1.54) is 10.9 Å².